The monoisotopic (exact) mass is 222 g/mol. The average molecular weight is 222 g/mol. The van der Waals surface area contributed by atoms with Gasteiger partial charge < -0.3 is 5.11 Å². The van der Waals surface area contributed by atoms with Gasteiger partial charge in [-0.1, -0.05) is 0 Å². The molecule has 1 aliphatic rings. The molecule has 0 saturated heterocycles. The van der Waals surface area contributed by atoms with Gasteiger partial charge in [0.2, 0.25) is 5.41 Å². The largest absolute Gasteiger partial charge is 0.480 e. The molecule has 0 bridgehead atoms. The second-order valence-electron chi connectivity index (χ2n) is 3.02. The Balaban J connectivity index is 3.11. The van der Waals surface area contributed by atoms with Crippen molar-refractivity contribution in [2.45, 2.75) is 24.7 Å². The molecule has 14 heavy (non-hydrogen) atoms. The first kappa shape index (κ1) is 11.1. The fraction of sp³-hybridized carbons (Fsp3) is 0.833. The minimum absolute atomic E-state index is 1.76. The van der Waals surface area contributed by atoms with Crippen molar-refractivity contribution in [3.63, 3.8) is 0 Å². The van der Waals surface area contributed by atoms with Gasteiger partial charge in [-0.15, -0.1) is 0 Å². The summed E-state index contributed by atoms with van der Waals surface area (Å²) in [7, 11) is 0. The quantitative estimate of drug-likeness (QED) is 0.741. The Labute approximate surface area is 73.5 Å². The fourth-order valence-corrected chi connectivity index (χ4v) is 1.21. The molecule has 0 aromatic heterocycles. The summed E-state index contributed by atoms with van der Waals surface area (Å²) in [5, 5.41) is 8.13. The van der Waals surface area contributed by atoms with Gasteiger partial charge in [-0.3, -0.25) is 4.79 Å². The minimum atomic E-state index is -5.22. The molecular weight excluding hydrogens is 218 g/mol. The Hall–Kier alpha value is -0.950. The van der Waals surface area contributed by atoms with Crippen LogP contribution in [0.2, 0.25) is 0 Å². The van der Waals surface area contributed by atoms with E-state index in [2.05, 4.69) is 0 Å². The van der Waals surface area contributed by atoms with Crippen LogP contribution < -0.4 is 0 Å². The molecule has 0 aromatic rings. The Morgan fingerprint density at radius 3 is 1.79 bits per heavy atom. The topological polar surface area (TPSA) is 37.3 Å². The molecule has 0 amide bonds. The zero-order valence-electron chi connectivity index (χ0n) is 6.41. The lowest BCUT2D eigenvalue weighted by molar-refractivity contribution is -0.211. The molecule has 0 aliphatic heterocycles. The summed E-state index contributed by atoms with van der Waals surface area (Å²) in [5.41, 5.74) is -3.94. The lowest BCUT2D eigenvalue weighted by Crippen LogP contribution is -2.46. The Bertz CT molecular complexity index is 275. The Kier molecular flexibility index (Phi) is 2.02. The molecule has 1 unspecified atom stereocenters. The van der Waals surface area contributed by atoms with Crippen LogP contribution in [0.4, 0.5) is 26.3 Å². The van der Waals surface area contributed by atoms with Gasteiger partial charge in [0.25, 0.3) is 5.92 Å². The highest BCUT2D eigenvalue weighted by molar-refractivity contribution is 5.82. The SMILES string of the molecule is O=C(O)C1(C(F)(F)C(F)F)CC1(F)F. The molecule has 0 radical (unpaired) electrons. The number of carboxylic acids is 1. The van der Waals surface area contributed by atoms with Crippen molar-refractivity contribution in [2.75, 3.05) is 0 Å². The van der Waals surface area contributed by atoms with E-state index in [4.69, 9.17) is 5.11 Å². The minimum Gasteiger partial charge on any atom is -0.480 e. The molecule has 0 spiro atoms. The standard InChI is InChI=1S/C6H4F6O2/c7-2(8)6(11,12)4(3(13)14)1-5(4,9)10/h2H,1H2,(H,13,14). The molecule has 1 fully saturated rings. The van der Waals surface area contributed by atoms with Crippen molar-refractivity contribution < 1.29 is 36.2 Å². The first-order valence-corrected chi connectivity index (χ1v) is 3.37. The highest BCUT2D eigenvalue weighted by Gasteiger charge is 2.89. The van der Waals surface area contributed by atoms with Crippen molar-refractivity contribution in [2.24, 2.45) is 5.41 Å². The Morgan fingerprint density at radius 2 is 1.71 bits per heavy atom. The van der Waals surface area contributed by atoms with E-state index < -0.39 is 36.1 Å². The number of hydrogen-bond donors (Lipinski definition) is 1. The summed E-state index contributed by atoms with van der Waals surface area (Å²) >= 11 is 0. The van der Waals surface area contributed by atoms with Gasteiger partial charge in [-0.2, -0.15) is 8.78 Å². The summed E-state index contributed by atoms with van der Waals surface area (Å²) in [6, 6.07) is 0. The molecule has 0 aromatic carbocycles. The average Bonchev–Trinajstić information content (AvgIpc) is 2.55. The van der Waals surface area contributed by atoms with Gasteiger partial charge in [-0.05, 0) is 0 Å². The maximum Gasteiger partial charge on any atom is 0.329 e. The first-order valence-electron chi connectivity index (χ1n) is 3.37. The van der Waals surface area contributed by atoms with Crippen LogP contribution in [0.15, 0.2) is 0 Å². The molecule has 1 saturated carbocycles. The molecule has 1 atom stereocenters. The second-order valence-corrected chi connectivity index (χ2v) is 3.02. The molecule has 1 rings (SSSR count). The van der Waals surface area contributed by atoms with Crippen LogP contribution >= 0.6 is 0 Å². The van der Waals surface area contributed by atoms with Gasteiger partial charge in [0.1, 0.15) is 0 Å². The summed E-state index contributed by atoms with van der Waals surface area (Å²) in [4.78, 5) is 10.2. The zero-order chi connectivity index (χ0) is 11.4. The third-order valence-corrected chi connectivity index (χ3v) is 2.19. The number of aliphatic carboxylic acids is 1. The highest BCUT2D eigenvalue weighted by atomic mass is 19.3. The van der Waals surface area contributed by atoms with E-state index in [0.29, 0.717) is 0 Å². The predicted molar refractivity (Wildman–Crippen MR) is 30.6 cm³/mol. The lowest BCUT2D eigenvalue weighted by atomic mass is 9.98. The summed E-state index contributed by atoms with van der Waals surface area (Å²) in [6.07, 6.45) is -6.18. The zero-order valence-corrected chi connectivity index (χ0v) is 6.41. The van der Waals surface area contributed by atoms with E-state index in [1.165, 1.54) is 0 Å². The highest BCUT2D eigenvalue weighted by Crippen LogP contribution is 2.69. The number of alkyl halides is 6. The smallest absolute Gasteiger partial charge is 0.329 e. The van der Waals surface area contributed by atoms with Crippen LogP contribution in [0.1, 0.15) is 6.42 Å². The first-order chi connectivity index (χ1) is 6.09. The van der Waals surface area contributed by atoms with Crippen LogP contribution in [-0.4, -0.2) is 29.3 Å². The Morgan fingerprint density at radius 1 is 1.36 bits per heavy atom. The van der Waals surface area contributed by atoms with E-state index in [1.807, 2.05) is 0 Å². The van der Waals surface area contributed by atoms with E-state index in [0.717, 1.165) is 0 Å². The molecule has 1 aliphatic carbocycles. The second kappa shape index (κ2) is 2.54. The normalized spacial score (nSPS) is 30.5. The van der Waals surface area contributed by atoms with Gasteiger partial charge >= 0.3 is 18.3 Å². The number of carbonyl (C=O) groups is 1. The van der Waals surface area contributed by atoms with Crippen LogP contribution in [0.25, 0.3) is 0 Å². The summed E-state index contributed by atoms with van der Waals surface area (Å²) in [6.45, 7) is 0. The number of rotatable bonds is 3. The van der Waals surface area contributed by atoms with Gasteiger partial charge in [0, 0.05) is 6.42 Å². The van der Waals surface area contributed by atoms with Crippen LogP contribution in [0.3, 0.4) is 0 Å². The maximum absolute atomic E-state index is 12.5. The van der Waals surface area contributed by atoms with Crippen molar-refractivity contribution in [3.05, 3.63) is 0 Å². The molecule has 0 heterocycles. The van der Waals surface area contributed by atoms with E-state index in [1.54, 1.807) is 0 Å². The maximum atomic E-state index is 12.5. The van der Waals surface area contributed by atoms with Crippen LogP contribution in [0, 0.1) is 5.41 Å². The van der Waals surface area contributed by atoms with Crippen molar-refractivity contribution >= 4 is 5.97 Å². The third-order valence-electron chi connectivity index (χ3n) is 2.19. The molecule has 2 nitrogen and oxygen atoms in total. The summed E-state index contributed by atoms with van der Waals surface area (Å²) < 4.78 is 73.2. The molecule has 8 heteroatoms. The molecule has 1 N–H and O–H groups in total. The van der Waals surface area contributed by atoms with Crippen molar-refractivity contribution in [1.29, 1.82) is 0 Å². The van der Waals surface area contributed by atoms with Crippen LogP contribution in [-0.2, 0) is 4.79 Å². The van der Waals surface area contributed by atoms with E-state index in [9.17, 15) is 31.1 Å². The molecular formula is C6H4F6O2. The fourth-order valence-electron chi connectivity index (χ4n) is 1.21. The lowest BCUT2D eigenvalue weighted by Gasteiger charge is -2.22. The van der Waals surface area contributed by atoms with Gasteiger partial charge in [0.15, 0.2) is 0 Å². The summed E-state index contributed by atoms with van der Waals surface area (Å²) in [5.74, 6) is -12.1. The number of hydrogen-bond acceptors (Lipinski definition) is 1. The van der Waals surface area contributed by atoms with E-state index in [-0.39, 0.29) is 0 Å². The van der Waals surface area contributed by atoms with Gasteiger partial charge in [0.05, 0.1) is 0 Å². The number of carboxylic acid groups (broad SMARTS) is 1. The molecule has 82 valence electrons. The number of halogens is 6. The van der Waals surface area contributed by atoms with Crippen LogP contribution in [0.5, 0.6) is 0 Å². The van der Waals surface area contributed by atoms with E-state index >= 15 is 0 Å². The third kappa shape index (κ3) is 1.02. The van der Waals surface area contributed by atoms with Gasteiger partial charge in [-0.25, -0.2) is 17.6 Å². The van der Waals surface area contributed by atoms with Crippen molar-refractivity contribution in [3.8, 4) is 0 Å². The van der Waals surface area contributed by atoms with Crippen molar-refractivity contribution in [1.82, 2.24) is 0 Å². The predicted octanol–water partition coefficient (Wildman–Crippen LogP) is 2.00.